The summed E-state index contributed by atoms with van der Waals surface area (Å²) in [5, 5.41) is 0.119. The van der Waals surface area contributed by atoms with Gasteiger partial charge < -0.3 is 33.8 Å². The molecular formula is C36H43NO11. The number of fused-ring (bicyclic) bond motifs is 7. The molecular weight excluding hydrogens is 622 g/mol. The van der Waals surface area contributed by atoms with Gasteiger partial charge in [-0.2, -0.15) is 0 Å². The van der Waals surface area contributed by atoms with Gasteiger partial charge in [0.05, 0.1) is 21.8 Å². The van der Waals surface area contributed by atoms with Gasteiger partial charge in [0.15, 0.2) is 12.2 Å². The Morgan fingerprint density at radius 3 is 1.77 bits per heavy atom. The van der Waals surface area contributed by atoms with E-state index in [4.69, 9.17) is 33.8 Å². The molecule has 2 saturated carbocycles. The lowest BCUT2D eigenvalue weighted by Crippen LogP contribution is -2.57. The van der Waals surface area contributed by atoms with Gasteiger partial charge in [-0.05, 0) is 65.5 Å². The Kier molecular flexibility index (Phi) is 6.30. The molecule has 0 radical (unpaired) electrons. The average molecular weight is 666 g/mol. The summed E-state index contributed by atoms with van der Waals surface area (Å²) in [4.78, 5) is 68.6. The molecule has 2 aromatic rings. The van der Waals surface area contributed by atoms with E-state index in [1.54, 1.807) is 40.7 Å². The molecule has 2 saturated heterocycles. The summed E-state index contributed by atoms with van der Waals surface area (Å²) in [5.74, 6) is -2.12. The molecule has 12 nitrogen and oxygen atoms in total. The Balaban J connectivity index is 1.39. The van der Waals surface area contributed by atoms with Crippen molar-refractivity contribution in [3.8, 4) is 5.75 Å². The second kappa shape index (κ2) is 9.32. The van der Waals surface area contributed by atoms with Gasteiger partial charge in [0.1, 0.15) is 28.4 Å². The van der Waals surface area contributed by atoms with Crippen LogP contribution in [0, 0.1) is 21.7 Å². The van der Waals surface area contributed by atoms with Crippen molar-refractivity contribution in [1.82, 2.24) is 0 Å². The monoisotopic (exact) mass is 665 g/mol. The first-order valence-electron chi connectivity index (χ1n) is 16.6. The van der Waals surface area contributed by atoms with Crippen LogP contribution >= 0.6 is 0 Å². The van der Waals surface area contributed by atoms with Crippen molar-refractivity contribution in [3.63, 3.8) is 0 Å². The number of carbonyl (C=O) groups excluding carboxylic acids is 4. The van der Waals surface area contributed by atoms with E-state index >= 15 is 0 Å². The molecule has 4 fully saturated rings. The first-order chi connectivity index (χ1) is 22.2. The lowest BCUT2D eigenvalue weighted by molar-refractivity contribution is -0.217. The Labute approximate surface area is 277 Å². The standard InChI is InChI=1S/C36H43NO11/c1-10-18-21(37)22(38)17-11-12-19-20(23(17)43-18)24(44-28(41)35-15-13-33(8,26(39)47-35)31(35,4)5)25(30(2,3)46-19)45-29(42)36-16-14-34(9,27(40)48-36)32(36,6)7/h11-12,24-25H,10,13-16,37H2,1-9H3/t24-,25-,33?,34?,35?,36?/m1/s1. The van der Waals surface area contributed by atoms with Crippen molar-refractivity contribution < 1.29 is 47.3 Å². The Morgan fingerprint density at radius 2 is 1.31 bits per heavy atom. The molecule has 7 rings (SSSR count). The van der Waals surface area contributed by atoms with E-state index in [-0.39, 0.29) is 46.6 Å². The van der Waals surface area contributed by atoms with Crippen molar-refractivity contribution in [2.45, 2.75) is 123 Å². The van der Waals surface area contributed by atoms with E-state index in [2.05, 4.69) is 0 Å². The number of hydrogen-bond acceptors (Lipinski definition) is 12. The smallest absolute Gasteiger partial charge is 0.351 e. The van der Waals surface area contributed by atoms with Crippen molar-refractivity contribution in [3.05, 3.63) is 33.7 Å². The lowest BCUT2D eigenvalue weighted by atomic mass is 9.66. The zero-order chi connectivity index (χ0) is 35.2. The number of nitrogen functional groups attached to an aromatic ring is 1. The van der Waals surface area contributed by atoms with Crippen LogP contribution in [0.1, 0.15) is 105 Å². The summed E-state index contributed by atoms with van der Waals surface area (Å²) in [7, 11) is 0. The number of hydrogen-bond donors (Lipinski definition) is 1. The minimum atomic E-state index is -1.62. The fraction of sp³-hybridized carbons (Fsp3) is 0.639. The number of rotatable bonds is 5. The van der Waals surface area contributed by atoms with Gasteiger partial charge in [-0.1, -0.05) is 34.6 Å². The third kappa shape index (κ3) is 3.48. The summed E-state index contributed by atoms with van der Waals surface area (Å²) < 4.78 is 37.1. The normalized spacial score (nSPS) is 36.3. The predicted octanol–water partition coefficient (Wildman–Crippen LogP) is 4.85. The highest BCUT2D eigenvalue weighted by atomic mass is 16.7. The van der Waals surface area contributed by atoms with Crippen LogP contribution in [-0.2, 0) is 44.5 Å². The van der Waals surface area contributed by atoms with Crippen molar-refractivity contribution in [2.75, 3.05) is 5.73 Å². The average Bonchev–Trinajstić information content (AvgIpc) is 3.47. The van der Waals surface area contributed by atoms with E-state index in [0.717, 1.165) is 0 Å². The minimum Gasteiger partial charge on any atom is -0.483 e. The van der Waals surface area contributed by atoms with E-state index in [1.165, 1.54) is 6.07 Å². The van der Waals surface area contributed by atoms with Gasteiger partial charge in [-0.25, -0.2) is 9.59 Å². The third-order valence-electron chi connectivity index (χ3n) is 13.4. The Morgan fingerprint density at radius 1 is 0.792 bits per heavy atom. The van der Waals surface area contributed by atoms with Crippen LogP contribution in [0.4, 0.5) is 5.69 Å². The molecule has 5 aliphatic rings. The predicted molar refractivity (Wildman–Crippen MR) is 170 cm³/mol. The molecule has 6 atom stereocenters. The van der Waals surface area contributed by atoms with Crippen LogP contribution in [-0.4, -0.2) is 46.8 Å². The van der Waals surface area contributed by atoms with Crippen LogP contribution < -0.4 is 15.9 Å². The van der Waals surface area contributed by atoms with Crippen LogP contribution in [0.3, 0.4) is 0 Å². The van der Waals surface area contributed by atoms with Crippen LogP contribution in [0.5, 0.6) is 5.75 Å². The summed E-state index contributed by atoms with van der Waals surface area (Å²) in [6, 6.07) is 3.09. The van der Waals surface area contributed by atoms with Crippen molar-refractivity contribution >= 4 is 40.5 Å². The summed E-state index contributed by atoms with van der Waals surface area (Å²) in [6.07, 6.45) is -1.11. The molecule has 4 heterocycles. The topological polar surface area (TPSA) is 171 Å². The van der Waals surface area contributed by atoms with Gasteiger partial charge >= 0.3 is 23.9 Å². The van der Waals surface area contributed by atoms with Crippen molar-refractivity contribution in [2.24, 2.45) is 21.7 Å². The number of carbonyl (C=O) groups is 4. The summed E-state index contributed by atoms with van der Waals surface area (Å²) in [6.45, 7) is 16.0. The van der Waals surface area contributed by atoms with Gasteiger partial charge in [-0.3, -0.25) is 14.4 Å². The number of anilines is 1. The number of ether oxygens (including phenoxy) is 5. The molecule has 2 N–H and O–H groups in total. The summed E-state index contributed by atoms with van der Waals surface area (Å²) >= 11 is 0. The molecule has 1 aromatic carbocycles. The van der Waals surface area contributed by atoms with Crippen LogP contribution in [0.25, 0.3) is 11.0 Å². The fourth-order valence-electron chi connectivity index (χ4n) is 8.95. The maximum absolute atomic E-state index is 14.5. The van der Waals surface area contributed by atoms with Gasteiger partial charge in [0.25, 0.3) is 0 Å². The first kappa shape index (κ1) is 32.5. The Hall–Kier alpha value is -4.09. The fourth-order valence-corrected chi connectivity index (χ4v) is 8.95. The lowest BCUT2D eigenvalue weighted by Gasteiger charge is -2.45. The molecule has 48 heavy (non-hydrogen) atoms. The molecule has 258 valence electrons. The largest absolute Gasteiger partial charge is 0.483 e. The maximum atomic E-state index is 14.5. The molecule has 4 bridgehead atoms. The second-order valence-electron chi connectivity index (χ2n) is 16.2. The first-order valence-corrected chi connectivity index (χ1v) is 16.6. The molecule has 3 aliphatic heterocycles. The van der Waals surface area contributed by atoms with Crippen LogP contribution in [0.2, 0.25) is 0 Å². The number of nitrogens with two attached hydrogens (primary N) is 1. The molecule has 1 aromatic heterocycles. The highest BCUT2D eigenvalue weighted by Gasteiger charge is 2.78. The zero-order valence-corrected chi connectivity index (χ0v) is 28.9. The molecule has 4 unspecified atom stereocenters. The summed E-state index contributed by atoms with van der Waals surface area (Å²) in [5.41, 5.74) is -2.34. The zero-order valence-electron chi connectivity index (χ0n) is 28.9. The van der Waals surface area contributed by atoms with Crippen molar-refractivity contribution in [1.29, 1.82) is 0 Å². The van der Waals surface area contributed by atoms with Gasteiger partial charge in [0, 0.05) is 17.3 Å². The molecule has 0 spiro atoms. The maximum Gasteiger partial charge on any atom is 0.351 e. The number of benzene rings is 1. The number of aryl methyl sites for hydroxylation is 1. The van der Waals surface area contributed by atoms with Gasteiger partial charge in [0.2, 0.25) is 16.6 Å². The Bertz CT molecular complexity index is 1910. The van der Waals surface area contributed by atoms with Gasteiger partial charge in [-0.15, -0.1) is 0 Å². The van der Waals surface area contributed by atoms with E-state index in [1.807, 2.05) is 27.7 Å². The second-order valence-corrected chi connectivity index (χ2v) is 16.2. The SMILES string of the molecule is CCc1oc2c3c(ccc2c(=O)c1N)OC(C)(C)[C@H](OC(=O)C12CCC(C)(C(=O)O1)C2(C)C)[C@@H]3OC(=O)C12CCC(C)(C(=O)O1)C2(C)C. The molecule has 2 aliphatic carbocycles. The highest BCUT2D eigenvalue weighted by Crippen LogP contribution is 2.67. The van der Waals surface area contributed by atoms with E-state index in [0.29, 0.717) is 19.3 Å². The molecule has 0 amide bonds. The molecule has 12 heteroatoms. The van der Waals surface area contributed by atoms with E-state index < -0.39 is 80.0 Å². The number of esters is 4. The quantitative estimate of drug-likeness (QED) is 0.341. The van der Waals surface area contributed by atoms with Crippen LogP contribution in [0.15, 0.2) is 21.3 Å². The van der Waals surface area contributed by atoms with E-state index in [9.17, 15) is 24.0 Å². The highest BCUT2D eigenvalue weighted by molar-refractivity contribution is 5.95. The third-order valence-corrected chi connectivity index (χ3v) is 13.4. The minimum absolute atomic E-state index is 0.0454.